The molecule has 0 bridgehead atoms. The SMILES string of the molecule is FC1CN(F)C1. The first-order valence-corrected chi connectivity index (χ1v) is 1.84. The van der Waals surface area contributed by atoms with Crippen molar-refractivity contribution in [2.75, 3.05) is 13.1 Å². The Morgan fingerprint density at radius 2 is 2.00 bits per heavy atom. The average Bonchev–Trinajstić information content (AvgIpc) is 1.33. The Bertz CT molecular complexity index is 44.8. The molecule has 1 rings (SSSR count). The van der Waals surface area contributed by atoms with Crippen LogP contribution in [0.1, 0.15) is 0 Å². The van der Waals surface area contributed by atoms with E-state index in [1.54, 1.807) is 0 Å². The van der Waals surface area contributed by atoms with Gasteiger partial charge >= 0.3 is 0 Å². The zero-order valence-corrected chi connectivity index (χ0v) is 3.19. The van der Waals surface area contributed by atoms with Gasteiger partial charge in [-0.25, -0.2) is 4.39 Å². The summed E-state index contributed by atoms with van der Waals surface area (Å²) in [5.74, 6) is 0. The maximum atomic E-state index is 11.5. The largest absolute Gasteiger partial charge is 0.244 e. The summed E-state index contributed by atoms with van der Waals surface area (Å²) in [6.07, 6.45) is -0.907. The van der Waals surface area contributed by atoms with Gasteiger partial charge < -0.3 is 0 Å². The van der Waals surface area contributed by atoms with Crippen molar-refractivity contribution in [1.82, 2.24) is 5.12 Å². The predicted octanol–water partition coefficient (Wildman–Crippen LogP) is 0.525. The molecule has 0 spiro atoms. The molecule has 6 heavy (non-hydrogen) atoms. The molecule has 0 atom stereocenters. The average molecular weight is 93.1 g/mol. The van der Waals surface area contributed by atoms with Crippen LogP contribution in [-0.4, -0.2) is 24.4 Å². The van der Waals surface area contributed by atoms with Crippen LogP contribution in [0.5, 0.6) is 0 Å². The van der Waals surface area contributed by atoms with Gasteiger partial charge in [-0.1, -0.05) is 0 Å². The molecule has 0 aliphatic carbocycles. The topological polar surface area (TPSA) is 3.24 Å². The Kier molecular flexibility index (Phi) is 0.765. The van der Waals surface area contributed by atoms with E-state index in [1.165, 1.54) is 0 Å². The summed E-state index contributed by atoms with van der Waals surface area (Å²) in [6, 6.07) is 0. The molecule has 1 heterocycles. The van der Waals surface area contributed by atoms with E-state index in [2.05, 4.69) is 0 Å². The number of nitrogens with zero attached hydrogens (tertiary/aromatic N) is 1. The van der Waals surface area contributed by atoms with E-state index in [0.29, 0.717) is 5.12 Å². The Hall–Kier alpha value is -0.180. The zero-order chi connectivity index (χ0) is 4.57. The normalized spacial score (nSPS) is 27.0. The summed E-state index contributed by atoms with van der Waals surface area (Å²) in [4.78, 5) is 0. The second kappa shape index (κ2) is 1.15. The molecule has 0 saturated carbocycles. The molecule has 0 unspecified atom stereocenters. The van der Waals surface area contributed by atoms with E-state index < -0.39 is 6.17 Å². The molecular weight excluding hydrogens is 88.0 g/mol. The lowest BCUT2D eigenvalue weighted by Gasteiger charge is -2.24. The van der Waals surface area contributed by atoms with E-state index >= 15 is 0 Å². The lowest BCUT2D eigenvalue weighted by atomic mass is 10.2. The standard InChI is InChI=1S/C3H5F2N/c4-3-1-6(5)2-3/h3H,1-2H2. The maximum Gasteiger partial charge on any atom is 0.131 e. The summed E-state index contributed by atoms with van der Waals surface area (Å²) in [5, 5.41) is 0.449. The summed E-state index contributed by atoms with van der Waals surface area (Å²) in [5.41, 5.74) is 0. The van der Waals surface area contributed by atoms with E-state index in [1.807, 2.05) is 0 Å². The molecule has 0 N–H and O–H groups in total. The molecule has 0 radical (unpaired) electrons. The van der Waals surface area contributed by atoms with E-state index in [4.69, 9.17) is 0 Å². The molecule has 0 aromatic rings. The number of hydrogen-bond acceptors (Lipinski definition) is 1. The molecule has 1 saturated heterocycles. The third kappa shape index (κ3) is 0.497. The highest BCUT2D eigenvalue weighted by atomic mass is 19.2. The molecule has 1 fully saturated rings. The van der Waals surface area contributed by atoms with Crippen molar-refractivity contribution in [3.05, 3.63) is 0 Å². The van der Waals surface area contributed by atoms with Gasteiger partial charge in [0.15, 0.2) is 0 Å². The van der Waals surface area contributed by atoms with Gasteiger partial charge in [0.1, 0.15) is 6.17 Å². The second-order valence-electron chi connectivity index (χ2n) is 1.43. The van der Waals surface area contributed by atoms with Crippen molar-refractivity contribution in [2.45, 2.75) is 6.17 Å². The van der Waals surface area contributed by atoms with Gasteiger partial charge in [0.25, 0.3) is 0 Å². The number of halogens is 2. The smallest absolute Gasteiger partial charge is 0.131 e. The summed E-state index contributed by atoms with van der Waals surface area (Å²) < 4.78 is 22.8. The van der Waals surface area contributed by atoms with Gasteiger partial charge in [-0.2, -0.15) is 0 Å². The molecular formula is C3H5F2N. The number of rotatable bonds is 0. The molecule has 0 aromatic carbocycles. The monoisotopic (exact) mass is 93.0 g/mol. The molecule has 36 valence electrons. The van der Waals surface area contributed by atoms with Crippen molar-refractivity contribution in [3.8, 4) is 0 Å². The molecule has 0 aromatic heterocycles. The minimum absolute atomic E-state index is 0.0278. The van der Waals surface area contributed by atoms with Crippen LogP contribution in [0, 0.1) is 0 Å². The maximum absolute atomic E-state index is 11.5. The van der Waals surface area contributed by atoms with Gasteiger partial charge in [-0.15, -0.1) is 9.60 Å². The summed E-state index contributed by atoms with van der Waals surface area (Å²) in [6.45, 7) is -0.0556. The van der Waals surface area contributed by atoms with Gasteiger partial charge in [0.2, 0.25) is 0 Å². The lowest BCUT2D eigenvalue weighted by Crippen LogP contribution is -2.42. The highest BCUT2D eigenvalue weighted by Gasteiger charge is 2.25. The van der Waals surface area contributed by atoms with Crippen LogP contribution in [0.4, 0.5) is 8.87 Å². The molecule has 1 aliphatic rings. The molecule has 0 amide bonds. The Morgan fingerprint density at radius 3 is 2.00 bits per heavy atom. The Balaban J connectivity index is 2.11. The van der Waals surface area contributed by atoms with Crippen LogP contribution in [0.3, 0.4) is 0 Å². The van der Waals surface area contributed by atoms with Gasteiger partial charge in [-0.3, -0.25) is 0 Å². The highest BCUT2D eigenvalue weighted by molar-refractivity contribution is 4.71. The Morgan fingerprint density at radius 1 is 1.50 bits per heavy atom. The highest BCUT2D eigenvalue weighted by Crippen LogP contribution is 2.09. The first kappa shape index (κ1) is 3.99. The number of alkyl halides is 1. The van der Waals surface area contributed by atoms with Crippen molar-refractivity contribution in [1.29, 1.82) is 0 Å². The van der Waals surface area contributed by atoms with Crippen LogP contribution in [0.2, 0.25) is 0 Å². The third-order valence-electron chi connectivity index (χ3n) is 0.792. The predicted molar refractivity (Wildman–Crippen MR) is 17.6 cm³/mol. The quantitative estimate of drug-likeness (QED) is 0.395. The van der Waals surface area contributed by atoms with Gasteiger partial charge in [0.05, 0.1) is 13.1 Å². The van der Waals surface area contributed by atoms with Gasteiger partial charge in [0, 0.05) is 0 Å². The molecule has 3 heteroatoms. The van der Waals surface area contributed by atoms with Gasteiger partial charge in [-0.05, 0) is 0 Å². The fourth-order valence-electron chi connectivity index (χ4n) is 0.376. The van der Waals surface area contributed by atoms with Crippen molar-refractivity contribution in [2.24, 2.45) is 0 Å². The fourth-order valence-corrected chi connectivity index (χ4v) is 0.376. The fraction of sp³-hybridized carbons (Fsp3) is 1.00. The first-order chi connectivity index (χ1) is 2.79. The molecule has 1 nitrogen and oxygen atoms in total. The summed E-state index contributed by atoms with van der Waals surface area (Å²) >= 11 is 0. The zero-order valence-electron chi connectivity index (χ0n) is 3.19. The second-order valence-corrected chi connectivity index (χ2v) is 1.43. The Labute approximate surface area is 34.5 Å². The minimum Gasteiger partial charge on any atom is -0.244 e. The molecule has 1 aliphatic heterocycles. The van der Waals surface area contributed by atoms with Crippen molar-refractivity contribution < 1.29 is 8.87 Å². The van der Waals surface area contributed by atoms with Crippen LogP contribution < -0.4 is 0 Å². The summed E-state index contributed by atoms with van der Waals surface area (Å²) in [7, 11) is 0. The van der Waals surface area contributed by atoms with Crippen LogP contribution in [0.15, 0.2) is 0 Å². The van der Waals surface area contributed by atoms with E-state index in [-0.39, 0.29) is 13.1 Å². The van der Waals surface area contributed by atoms with Crippen molar-refractivity contribution in [3.63, 3.8) is 0 Å². The van der Waals surface area contributed by atoms with Crippen LogP contribution in [-0.2, 0) is 0 Å². The third-order valence-corrected chi connectivity index (χ3v) is 0.792. The van der Waals surface area contributed by atoms with E-state index in [0.717, 1.165) is 0 Å². The van der Waals surface area contributed by atoms with Crippen LogP contribution in [0.25, 0.3) is 0 Å². The van der Waals surface area contributed by atoms with Crippen LogP contribution >= 0.6 is 0 Å². The first-order valence-electron chi connectivity index (χ1n) is 1.84. The minimum atomic E-state index is -0.907. The van der Waals surface area contributed by atoms with E-state index in [9.17, 15) is 8.87 Å². The number of hydrogen-bond donors (Lipinski definition) is 0. The lowest BCUT2D eigenvalue weighted by molar-refractivity contribution is -0.0870. The van der Waals surface area contributed by atoms with Crippen molar-refractivity contribution >= 4 is 0 Å².